The number of imidazole rings is 1. The monoisotopic (exact) mass is 506 g/mol. The molecular formula is C28H32F2N6O. The molecule has 37 heavy (non-hydrogen) atoms. The van der Waals surface area contributed by atoms with Crippen LogP contribution in [0.4, 0.5) is 8.78 Å². The van der Waals surface area contributed by atoms with Gasteiger partial charge in [-0.3, -0.25) is 10.00 Å². The Morgan fingerprint density at radius 2 is 1.86 bits per heavy atom. The van der Waals surface area contributed by atoms with Crippen molar-refractivity contribution in [1.82, 2.24) is 30.0 Å². The Hall–Kier alpha value is -3.30. The number of halogens is 2. The lowest BCUT2D eigenvalue weighted by atomic mass is 9.94. The van der Waals surface area contributed by atoms with Crippen LogP contribution in [-0.2, 0) is 19.5 Å². The second-order valence-corrected chi connectivity index (χ2v) is 10.4. The highest BCUT2D eigenvalue weighted by Gasteiger charge is 2.26. The van der Waals surface area contributed by atoms with Crippen LogP contribution < -0.4 is 4.74 Å². The Morgan fingerprint density at radius 1 is 1.05 bits per heavy atom. The molecular weight excluding hydrogens is 474 g/mol. The second-order valence-electron chi connectivity index (χ2n) is 10.4. The van der Waals surface area contributed by atoms with E-state index < -0.39 is 11.6 Å². The van der Waals surface area contributed by atoms with E-state index in [0.29, 0.717) is 24.3 Å². The summed E-state index contributed by atoms with van der Waals surface area (Å²) in [6, 6.07) is 9.25. The molecule has 0 unspecified atom stereocenters. The highest BCUT2D eigenvalue weighted by atomic mass is 19.1. The third-order valence-electron chi connectivity index (χ3n) is 7.65. The molecule has 194 valence electrons. The summed E-state index contributed by atoms with van der Waals surface area (Å²) in [5, 5.41) is 8.51. The van der Waals surface area contributed by atoms with Gasteiger partial charge in [0.1, 0.15) is 23.1 Å². The van der Waals surface area contributed by atoms with Gasteiger partial charge < -0.3 is 14.6 Å². The van der Waals surface area contributed by atoms with Crippen molar-refractivity contribution in [2.45, 2.75) is 38.8 Å². The number of hydrogen-bond acceptors (Lipinski definition) is 5. The fourth-order valence-corrected chi connectivity index (χ4v) is 5.49. The Balaban J connectivity index is 1.08. The molecule has 2 aliphatic heterocycles. The van der Waals surface area contributed by atoms with Gasteiger partial charge in [0.05, 0.1) is 23.5 Å². The maximum absolute atomic E-state index is 13.4. The molecule has 0 radical (unpaired) electrons. The summed E-state index contributed by atoms with van der Waals surface area (Å²) in [6.45, 7) is 5.62. The first-order valence-corrected chi connectivity index (χ1v) is 13.0. The van der Waals surface area contributed by atoms with Crippen LogP contribution in [0.3, 0.4) is 0 Å². The Labute approximate surface area is 214 Å². The van der Waals surface area contributed by atoms with Crippen molar-refractivity contribution in [1.29, 1.82) is 0 Å². The molecule has 4 heterocycles. The van der Waals surface area contributed by atoms with Crippen LogP contribution in [0.25, 0.3) is 22.4 Å². The minimum Gasteiger partial charge on any atom is -0.493 e. The molecule has 7 nitrogen and oxygen atoms in total. The van der Waals surface area contributed by atoms with E-state index in [2.05, 4.69) is 32.0 Å². The summed E-state index contributed by atoms with van der Waals surface area (Å²) in [4.78, 5) is 13.3. The van der Waals surface area contributed by atoms with Crippen LogP contribution in [0.15, 0.2) is 36.4 Å². The molecule has 2 aliphatic rings. The van der Waals surface area contributed by atoms with Crippen LogP contribution in [0.2, 0.25) is 0 Å². The van der Waals surface area contributed by atoms with Gasteiger partial charge in [-0.05, 0) is 87.8 Å². The summed E-state index contributed by atoms with van der Waals surface area (Å²) >= 11 is 0. The molecule has 0 atom stereocenters. The maximum atomic E-state index is 13.4. The molecule has 2 N–H and O–H groups in total. The van der Waals surface area contributed by atoms with Gasteiger partial charge in [0, 0.05) is 31.0 Å². The first-order chi connectivity index (χ1) is 18.0. The minimum atomic E-state index is -0.579. The molecule has 1 fully saturated rings. The zero-order valence-corrected chi connectivity index (χ0v) is 21.1. The lowest BCUT2D eigenvalue weighted by Crippen LogP contribution is -2.31. The predicted octanol–water partition coefficient (Wildman–Crippen LogP) is 4.90. The number of likely N-dealkylation sites (tertiary alicyclic amines) is 1. The average Bonchev–Trinajstić information content (AvgIpc) is 3.56. The number of H-pyrrole nitrogens is 2. The number of nitrogens with zero attached hydrogens (tertiary/aromatic N) is 4. The van der Waals surface area contributed by atoms with E-state index in [1.165, 1.54) is 50.2 Å². The molecule has 6 rings (SSSR count). The standard InChI is InChI=1S/C28H32F2N6O/c1-35-8-4-18(5-9-35)6-10-36-16-25-26(17-36)32-28(31-25)27-23-15-22(2-3-24(23)33-34-27)37-11-7-19-12-20(29)14-21(30)13-19/h2-3,12-15,18H,4-11,16-17H2,1H3,(H,31,32)(H,33,34). The van der Waals surface area contributed by atoms with Gasteiger partial charge >= 0.3 is 0 Å². The van der Waals surface area contributed by atoms with Gasteiger partial charge in [0.2, 0.25) is 0 Å². The number of aromatic nitrogens is 4. The smallest absolute Gasteiger partial charge is 0.159 e. The number of hydrogen-bond donors (Lipinski definition) is 2. The molecule has 0 amide bonds. The van der Waals surface area contributed by atoms with Crippen molar-refractivity contribution in [2.75, 3.05) is 33.3 Å². The summed E-state index contributed by atoms with van der Waals surface area (Å²) in [5.74, 6) is 1.11. The first-order valence-electron chi connectivity index (χ1n) is 13.0. The Bertz CT molecular complexity index is 1350. The van der Waals surface area contributed by atoms with Crippen LogP contribution in [-0.4, -0.2) is 63.3 Å². The van der Waals surface area contributed by atoms with Crippen LogP contribution in [0.1, 0.15) is 36.2 Å². The quantitative estimate of drug-likeness (QED) is 0.356. The van der Waals surface area contributed by atoms with Crippen molar-refractivity contribution in [3.63, 3.8) is 0 Å². The lowest BCUT2D eigenvalue weighted by molar-refractivity contribution is 0.186. The van der Waals surface area contributed by atoms with E-state index in [1.807, 2.05) is 18.2 Å². The maximum Gasteiger partial charge on any atom is 0.159 e. The Kier molecular flexibility index (Phi) is 6.65. The van der Waals surface area contributed by atoms with Gasteiger partial charge in [-0.1, -0.05) is 0 Å². The molecule has 1 saturated heterocycles. The zero-order chi connectivity index (χ0) is 25.4. The number of piperidine rings is 1. The number of benzene rings is 2. The largest absolute Gasteiger partial charge is 0.493 e. The van der Waals surface area contributed by atoms with E-state index in [4.69, 9.17) is 9.72 Å². The fraction of sp³-hybridized carbons (Fsp3) is 0.429. The van der Waals surface area contributed by atoms with Crippen molar-refractivity contribution < 1.29 is 13.5 Å². The van der Waals surface area contributed by atoms with Gasteiger partial charge in [-0.25, -0.2) is 13.8 Å². The van der Waals surface area contributed by atoms with Crippen molar-refractivity contribution in [3.8, 4) is 17.3 Å². The average molecular weight is 507 g/mol. The third kappa shape index (κ3) is 5.38. The number of ether oxygens (including phenoxy) is 1. The highest BCUT2D eigenvalue weighted by Crippen LogP contribution is 2.31. The van der Waals surface area contributed by atoms with Gasteiger partial charge in [0.25, 0.3) is 0 Å². The lowest BCUT2D eigenvalue weighted by Gasteiger charge is -2.30. The highest BCUT2D eigenvalue weighted by molar-refractivity contribution is 5.92. The number of rotatable bonds is 8. The molecule has 2 aromatic heterocycles. The SMILES string of the molecule is CN1CCC(CCN2Cc3nc(-c4n[nH]c5ccc(OCCc6cc(F)cc(F)c6)cc45)[nH]c3C2)CC1. The minimum absolute atomic E-state index is 0.310. The molecule has 0 bridgehead atoms. The first kappa shape index (κ1) is 24.1. The van der Waals surface area contributed by atoms with Crippen LogP contribution in [0, 0.1) is 17.6 Å². The number of nitrogens with one attached hydrogen (secondary N) is 2. The predicted molar refractivity (Wildman–Crippen MR) is 138 cm³/mol. The van der Waals surface area contributed by atoms with Crippen molar-refractivity contribution in [3.05, 3.63) is 65.0 Å². The van der Waals surface area contributed by atoms with Crippen molar-refractivity contribution >= 4 is 10.9 Å². The molecule has 0 aliphatic carbocycles. The van der Waals surface area contributed by atoms with E-state index in [-0.39, 0.29) is 0 Å². The van der Waals surface area contributed by atoms with Gasteiger partial charge in [-0.2, -0.15) is 5.10 Å². The normalized spacial score (nSPS) is 17.1. The number of fused-ring (bicyclic) bond motifs is 2. The summed E-state index contributed by atoms with van der Waals surface area (Å²) in [5.41, 5.74) is 4.49. The van der Waals surface area contributed by atoms with E-state index >= 15 is 0 Å². The number of aromatic amines is 2. The summed E-state index contributed by atoms with van der Waals surface area (Å²) < 4.78 is 32.7. The third-order valence-corrected chi connectivity index (χ3v) is 7.65. The van der Waals surface area contributed by atoms with E-state index in [0.717, 1.165) is 59.7 Å². The molecule has 4 aromatic rings. The van der Waals surface area contributed by atoms with Gasteiger partial charge in [-0.15, -0.1) is 0 Å². The van der Waals surface area contributed by atoms with Gasteiger partial charge in [0.15, 0.2) is 5.82 Å². The molecule has 2 aromatic carbocycles. The van der Waals surface area contributed by atoms with E-state index in [1.54, 1.807) is 0 Å². The molecule has 0 spiro atoms. The second kappa shape index (κ2) is 10.2. The summed E-state index contributed by atoms with van der Waals surface area (Å²) in [6.07, 6.45) is 4.27. The topological polar surface area (TPSA) is 73.1 Å². The molecule has 0 saturated carbocycles. The zero-order valence-electron chi connectivity index (χ0n) is 21.1. The van der Waals surface area contributed by atoms with E-state index in [9.17, 15) is 8.78 Å². The van der Waals surface area contributed by atoms with Crippen LogP contribution >= 0.6 is 0 Å². The van der Waals surface area contributed by atoms with Crippen LogP contribution in [0.5, 0.6) is 5.75 Å². The molecule has 9 heteroatoms. The van der Waals surface area contributed by atoms with Crippen molar-refractivity contribution in [2.24, 2.45) is 5.92 Å². The fourth-order valence-electron chi connectivity index (χ4n) is 5.49. The summed E-state index contributed by atoms with van der Waals surface area (Å²) in [7, 11) is 2.21. The Morgan fingerprint density at radius 3 is 2.65 bits per heavy atom.